The molecule has 2 amide bonds. The summed E-state index contributed by atoms with van der Waals surface area (Å²) in [6, 6.07) is 9.23. The van der Waals surface area contributed by atoms with Gasteiger partial charge in [0.1, 0.15) is 5.75 Å². The standard InChI is InChI=1S/C16H13Cl2N3O3/c1-9-2-4-12(7-13(9)18)20-15(23)16(24)21-19-8-10-6-11(17)3-5-14(10)22/h2-8,22H,1H3,(H,20,23)(H,21,24). The van der Waals surface area contributed by atoms with Crippen LogP contribution < -0.4 is 10.7 Å². The molecule has 0 saturated carbocycles. The van der Waals surface area contributed by atoms with Gasteiger partial charge in [0.05, 0.1) is 6.21 Å². The van der Waals surface area contributed by atoms with E-state index in [4.69, 9.17) is 23.2 Å². The number of carbonyl (C=O) groups excluding carboxylic acids is 2. The number of carbonyl (C=O) groups is 2. The van der Waals surface area contributed by atoms with Gasteiger partial charge in [0.25, 0.3) is 0 Å². The van der Waals surface area contributed by atoms with Crippen molar-refractivity contribution in [1.82, 2.24) is 5.43 Å². The summed E-state index contributed by atoms with van der Waals surface area (Å²) in [5.41, 5.74) is 3.60. The summed E-state index contributed by atoms with van der Waals surface area (Å²) in [5, 5.41) is 16.5. The fourth-order valence-electron chi connectivity index (χ4n) is 1.70. The third kappa shape index (κ3) is 4.71. The number of phenols is 1. The van der Waals surface area contributed by atoms with Gasteiger partial charge in [-0.1, -0.05) is 29.3 Å². The van der Waals surface area contributed by atoms with E-state index in [9.17, 15) is 14.7 Å². The second kappa shape index (κ2) is 7.81. The summed E-state index contributed by atoms with van der Waals surface area (Å²) in [6.07, 6.45) is 1.18. The van der Waals surface area contributed by atoms with Crippen LogP contribution in [0.5, 0.6) is 5.75 Å². The fraction of sp³-hybridized carbons (Fsp3) is 0.0625. The molecular formula is C16H13Cl2N3O3. The van der Waals surface area contributed by atoms with Gasteiger partial charge < -0.3 is 10.4 Å². The first-order valence-corrected chi connectivity index (χ1v) is 7.51. The minimum Gasteiger partial charge on any atom is -0.507 e. The molecular weight excluding hydrogens is 353 g/mol. The molecule has 0 spiro atoms. The van der Waals surface area contributed by atoms with Crippen LogP contribution >= 0.6 is 23.2 Å². The molecule has 0 aliphatic heterocycles. The highest BCUT2D eigenvalue weighted by Crippen LogP contribution is 2.20. The normalized spacial score (nSPS) is 10.6. The molecule has 2 aromatic carbocycles. The number of anilines is 1. The van der Waals surface area contributed by atoms with Gasteiger partial charge >= 0.3 is 11.8 Å². The molecule has 0 aliphatic rings. The zero-order chi connectivity index (χ0) is 17.7. The SMILES string of the molecule is Cc1ccc(NC(=O)C(=O)NN=Cc2cc(Cl)ccc2O)cc1Cl. The molecule has 0 saturated heterocycles. The number of aromatic hydroxyl groups is 1. The fourth-order valence-corrected chi connectivity index (χ4v) is 2.06. The first kappa shape index (κ1) is 17.8. The van der Waals surface area contributed by atoms with E-state index < -0.39 is 11.8 Å². The second-order valence-electron chi connectivity index (χ2n) is 4.82. The highest BCUT2D eigenvalue weighted by atomic mass is 35.5. The largest absolute Gasteiger partial charge is 0.507 e. The van der Waals surface area contributed by atoms with Gasteiger partial charge in [0.15, 0.2) is 0 Å². The highest BCUT2D eigenvalue weighted by molar-refractivity contribution is 6.40. The number of nitrogens with one attached hydrogen (secondary N) is 2. The Hall–Kier alpha value is -2.57. The van der Waals surface area contributed by atoms with Crippen molar-refractivity contribution >= 4 is 46.9 Å². The van der Waals surface area contributed by atoms with Crippen LogP contribution in [0.4, 0.5) is 5.69 Å². The summed E-state index contributed by atoms with van der Waals surface area (Å²) in [7, 11) is 0. The van der Waals surface area contributed by atoms with Gasteiger partial charge in [0, 0.05) is 21.3 Å². The molecule has 0 atom stereocenters. The van der Waals surface area contributed by atoms with Crippen LogP contribution in [0.25, 0.3) is 0 Å². The molecule has 3 N–H and O–H groups in total. The highest BCUT2D eigenvalue weighted by Gasteiger charge is 2.13. The van der Waals surface area contributed by atoms with E-state index >= 15 is 0 Å². The number of hydrogen-bond acceptors (Lipinski definition) is 4. The third-order valence-electron chi connectivity index (χ3n) is 3.00. The maximum absolute atomic E-state index is 11.8. The number of benzene rings is 2. The Balaban J connectivity index is 1.96. The minimum atomic E-state index is -0.968. The van der Waals surface area contributed by atoms with Crippen molar-refractivity contribution in [2.45, 2.75) is 6.92 Å². The first-order valence-electron chi connectivity index (χ1n) is 6.76. The lowest BCUT2D eigenvalue weighted by atomic mass is 10.2. The van der Waals surface area contributed by atoms with Crippen molar-refractivity contribution in [3.63, 3.8) is 0 Å². The molecule has 0 fully saturated rings. The summed E-state index contributed by atoms with van der Waals surface area (Å²) in [4.78, 5) is 23.4. The lowest BCUT2D eigenvalue weighted by molar-refractivity contribution is -0.136. The van der Waals surface area contributed by atoms with Gasteiger partial charge in [-0.15, -0.1) is 0 Å². The van der Waals surface area contributed by atoms with Crippen LogP contribution in [0.15, 0.2) is 41.5 Å². The summed E-state index contributed by atoms with van der Waals surface area (Å²) >= 11 is 11.7. The quantitative estimate of drug-likeness (QED) is 0.443. The zero-order valence-electron chi connectivity index (χ0n) is 12.5. The van der Waals surface area contributed by atoms with Crippen LogP contribution in [0.2, 0.25) is 10.0 Å². The molecule has 2 aromatic rings. The van der Waals surface area contributed by atoms with Crippen molar-refractivity contribution in [1.29, 1.82) is 0 Å². The number of rotatable bonds is 3. The molecule has 8 heteroatoms. The molecule has 24 heavy (non-hydrogen) atoms. The van der Waals surface area contributed by atoms with E-state index in [1.165, 1.54) is 30.5 Å². The van der Waals surface area contributed by atoms with E-state index in [1.54, 1.807) is 12.1 Å². The Morgan fingerprint density at radius 2 is 1.88 bits per heavy atom. The number of halogens is 2. The summed E-state index contributed by atoms with van der Waals surface area (Å²) < 4.78 is 0. The van der Waals surface area contributed by atoms with E-state index in [1.807, 2.05) is 6.92 Å². The number of hydrazone groups is 1. The molecule has 0 aromatic heterocycles. The van der Waals surface area contributed by atoms with Crippen molar-refractivity contribution < 1.29 is 14.7 Å². The molecule has 2 rings (SSSR count). The van der Waals surface area contributed by atoms with Gasteiger partial charge in [-0.05, 0) is 42.8 Å². The Kier molecular flexibility index (Phi) is 5.78. The second-order valence-corrected chi connectivity index (χ2v) is 5.66. The average molecular weight is 366 g/mol. The predicted molar refractivity (Wildman–Crippen MR) is 93.7 cm³/mol. The number of hydrogen-bond donors (Lipinski definition) is 3. The van der Waals surface area contributed by atoms with Crippen molar-refractivity contribution in [2.24, 2.45) is 5.10 Å². The van der Waals surface area contributed by atoms with Crippen LogP contribution in [0, 0.1) is 6.92 Å². The number of phenolic OH excluding ortho intramolecular Hbond substituents is 1. The van der Waals surface area contributed by atoms with Crippen LogP contribution in [-0.2, 0) is 9.59 Å². The Labute approximate surface area is 148 Å². The molecule has 0 bridgehead atoms. The van der Waals surface area contributed by atoms with Gasteiger partial charge in [-0.3, -0.25) is 9.59 Å². The lowest BCUT2D eigenvalue weighted by Crippen LogP contribution is -2.32. The maximum atomic E-state index is 11.8. The number of nitrogens with zero attached hydrogens (tertiary/aromatic N) is 1. The minimum absolute atomic E-state index is 0.0591. The Morgan fingerprint density at radius 1 is 1.12 bits per heavy atom. The van der Waals surface area contributed by atoms with E-state index in [2.05, 4.69) is 15.8 Å². The van der Waals surface area contributed by atoms with Gasteiger partial charge in [-0.2, -0.15) is 5.10 Å². The molecule has 0 radical (unpaired) electrons. The van der Waals surface area contributed by atoms with Crippen LogP contribution in [-0.4, -0.2) is 23.1 Å². The van der Waals surface area contributed by atoms with Crippen molar-refractivity contribution in [3.8, 4) is 5.75 Å². The van der Waals surface area contributed by atoms with Gasteiger partial charge in [0.2, 0.25) is 0 Å². The van der Waals surface area contributed by atoms with Gasteiger partial charge in [-0.25, -0.2) is 5.43 Å². The predicted octanol–water partition coefficient (Wildman–Crippen LogP) is 3.10. The number of aryl methyl sites for hydroxylation is 1. The summed E-state index contributed by atoms with van der Waals surface area (Å²) in [6.45, 7) is 1.82. The third-order valence-corrected chi connectivity index (χ3v) is 3.64. The van der Waals surface area contributed by atoms with Crippen molar-refractivity contribution in [2.75, 3.05) is 5.32 Å². The Bertz CT molecular complexity index is 822. The monoisotopic (exact) mass is 365 g/mol. The van der Waals surface area contributed by atoms with E-state index in [0.717, 1.165) is 5.56 Å². The smallest absolute Gasteiger partial charge is 0.329 e. The zero-order valence-corrected chi connectivity index (χ0v) is 14.0. The average Bonchev–Trinajstić information content (AvgIpc) is 2.54. The lowest BCUT2D eigenvalue weighted by Gasteiger charge is -2.05. The number of amides is 2. The van der Waals surface area contributed by atoms with E-state index in [-0.39, 0.29) is 5.75 Å². The molecule has 0 unspecified atom stereocenters. The molecule has 0 heterocycles. The summed E-state index contributed by atoms with van der Waals surface area (Å²) in [5.74, 6) is -1.93. The first-order chi connectivity index (χ1) is 11.4. The Morgan fingerprint density at radius 3 is 2.58 bits per heavy atom. The maximum Gasteiger partial charge on any atom is 0.329 e. The topological polar surface area (TPSA) is 90.8 Å². The molecule has 124 valence electrons. The van der Waals surface area contributed by atoms with Crippen molar-refractivity contribution in [3.05, 3.63) is 57.6 Å². The molecule has 6 nitrogen and oxygen atoms in total. The van der Waals surface area contributed by atoms with Crippen LogP contribution in [0.1, 0.15) is 11.1 Å². The molecule has 0 aliphatic carbocycles. The van der Waals surface area contributed by atoms with E-state index in [0.29, 0.717) is 21.3 Å². The van der Waals surface area contributed by atoms with Crippen LogP contribution in [0.3, 0.4) is 0 Å².